The highest BCUT2D eigenvalue weighted by molar-refractivity contribution is 6.37. The van der Waals surface area contributed by atoms with E-state index in [1.165, 1.54) is 11.9 Å². The summed E-state index contributed by atoms with van der Waals surface area (Å²) in [7, 11) is 1.51. The molecule has 0 aromatic heterocycles. The van der Waals surface area contributed by atoms with Gasteiger partial charge in [0.1, 0.15) is 24.7 Å². The predicted molar refractivity (Wildman–Crippen MR) is 175 cm³/mol. The number of carbonyl (C=O) groups excluding carboxylic acids is 6. The molecule has 4 N–H and O–H groups in total. The molecule has 3 fully saturated rings. The molecule has 1 heterocycles. The fraction of sp³-hybridized carbons (Fsp3) is 0.824. The fourth-order valence-electron chi connectivity index (χ4n) is 6.80. The van der Waals surface area contributed by atoms with Gasteiger partial charge in [0, 0.05) is 13.6 Å². The Kier molecular flexibility index (Phi) is 12.0. The molecule has 13 nitrogen and oxygen atoms in total. The molecule has 3 aliphatic rings. The molecule has 13 heteroatoms. The van der Waals surface area contributed by atoms with Crippen LogP contribution in [0.25, 0.3) is 0 Å². The molecular weight excluding hydrogens is 606 g/mol. The van der Waals surface area contributed by atoms with Crippen LogP contribution in [0.3, 0.4) is 0 Å². The first-order chi connectivity index (χ1) is 21.7. The summed E-state index contributed by atoms with van der Waals surface area (Å²) in [5, 5.41) is 5.65. The molecule has 266 valence electrons. The molecule has 1 aliphatic heterocycles. The summed E-state index contributed by atoms with van der Waals surface area (Å²) in [4.78, 5) is 81.7. The van der Waals surface area contributed by atoms with Crippen LogP contribution in [-0.4, -0.2) is 96.5 Å². The van der Waals surface area contributed by atoms with Gasteiger partial charge in [0.25, 0.3) is 5.91 Å². The number of nitrogens with two attached hydrogens (primary N) is 1. The van der Waals surface area contributed by atoms with Crippen LogP contribution in [0.15, 0.2) is 0 Å². The van der Waals surface area contributed by atoms with Crippen LogP contribution in [0.4, 0.5) is 9.59 Å². The van der Waals surface area contributed by atoms with Gasteiger partial charge >= 0.3 is 12.2 Å². The number of rotatable bonds is 14. The van der Waals surface area contributed by atoms with Crippen LogP contribution < -0.4 is 16.4 Å². The van der Waals surface area contributed by atoms with Crippen LogP contribution in [0.2, 0.25) is 0 Å². The number of hydrogen-bond acceptors (Lipinski definition) is 8. The van der Waals surface area contributed by atoms with E-state index in [1.54, 1.807) is 4.90 Å². The topological polar surface area (TPSA) is 177 Å². The number of urea groups is 1. The highest BCUT2D eigenvalue weighted by Gasteiger charge is 2.70. The van der Waals surface area contributed by atoms with Gasteiger partial charge in [-0.05, 0) is 46.8 Å². The summed E-state index contributed by atoms with van der Waals surface area (Å²) in [6, 6.07) is -4.04. The third kappa shape index (κ3) is 8.95. The van der Waals surface area contributed by atoms with Crippen molar-refractivity contribution in [2.24, 2.45) is 46.2 Å². The van der Waals surface area contributed by atoms with Crippen molar-refractivity contribution in [2.45, 2.75) is 112 Å². The quantitative estimate of drug-likeness (QED) is 0.188. The van der Waals surface area contributed by atoms with E-state index in [0.717, 1.165) is 19.3 Å². The number of primary amides is 1. The van der Waals surface area contributed by atoms with E-state index in [1.807, 2.05) is 48.5 Å². The summed E-state index contributed by atoms with van der Waals surface area (Å²) < 4.78 is 10.3. The molecule has 0 aromatic carbocycles. The second kappa shape index (κ2) is 14.8. The molecule has 0 radical (unpaired) electrons. The van der Waals surface area contributed by atoms with Gasteiger partial charge in [-0.1, -0.05) is 81.6 Å². The largest absolute Gasteiger partial charge is 0.508 e. The number of hydrogen-bond donors (Lipinski definition) is 3. The smallest absolute Gasteiger partial charge is 0.434 e. The van der Waals surface area contributed by atoms with Gasteiger partial charge in [-0.3, -0.25) is 19.2 Å². The van der Waals surface area contributed by atoms with Crippen molar-refractivity contribution < 1.29 is 38.2 Å². The average Bonchev–Trinajstić information content (AvgIpc) is 3.26. The lowest BCUT2D eigenvalue weighted by atomic mass is 9.79. The second-order valence-corrected chi connectivity index (χ2v) is 16.1. The summed E-state index contributed by atoms with van der Waals surface area (Å²) in [5.41, 5.74) is 4.46. The van der Waals surface area contributed by atoms with E-state index in [-0.39, 0.29) is 48.2 Å². The van der Waals surface area contributed by atoms with E-state index < -0.39 is 65.3 Å². The highest BCUT2D eigenvalue weighted by atomic mass is 16.7. The first-order valence-corrected chi connectivity index (χ1v) is 17.0. The molecule has 2 aliphatic carbocycles. The van der Waals surface area contributed by atoms with Crippen LogP contribution in [0.1, 0.15) is 88.0 Å². The number of amides is 5. The first kappa shape index (κ1) is 38.1. The number of fused-ring (bicyclic) bond motifs is 1. The van der Waals surface area contributed by atoms with Crippen LogP contribution in [0.5, 0.6) is 0 Å². The summed E-state index contributed by atoms with van der Waals surface area (Å²) in [6.07, 6.45) is 2.41. The number of carbonyl (C=O) groups is 6. The molecule has 0 aromatic rings. The summed E-state index contributed by atoms with van der Waals surface area (Å²) in [6.45, 7) is 17.6. The van der Waals surface area contributed by atoms with Crippen molar-refractivity contribution in [3.8, 4) is 0 Å². The van der Waals surface area contributed by atoms with E-state index in [4.69, 9.17) is 15.2 Å². The number of nitrogens with one attached hydrogen (secondary N) is 2. The van der Waals surface area contributed by atoms with E-state index >= 15 is 0 Å². The lowest BCUT2D eigenvalue weighted by molar-refractivity contribution is -0.151. The van der Waals surface area contributed by atoms with Crippen molar-refractivity contribution in [2.75, 3.05) is 26.8 Å². The van der Waals surface area contributed by atoms with Crippen molar-refractivity contribution >= 4 is 35.7 Å². The number of ketones is 1. The standard InChI is InChI=1S/C34H57N5O8/c1-18(2)16-46-32(45)47-17-22(19(3)4)36-31(44)37-27(33(5,6)7)30(43)39-15-21-24(34(21,8)9)25(39)29(42)38(10)23(26(40)28(35)41)14-20-12-11-13-20/h18-25,27H,11-17H2,1-10H3,(H2,35,41)(H2,36,37,44)/t21-,22+,23?,24-,25?,27?/m0/s1. The number of nitrogens with zero attached hydrogens (tertiary/aromatic N) is 2. The molecular formula is C34H57N5O8. The molecule has 5 amide bonds. The Morgan fingerprint density at radius 2 is 1.57 bits per heavy atom. The molecule has 47 heavy (non-hydrogen) atoms. The average molecular weight is 664 g/mol. The van der Waals surface area contributed by atoms with Crippen molar-refractivity contribution in [1.29, 1.82) is 0 Å². The number of likely N-dealkylation sites (tertiary alicyclic amines) is 1. The maximum absolute atomic E-state index is 14.3. The van der Waals surface area contributed by atoms with Gasteiger partial charge in [-0.25, -0.2) is 9.59 Å². The van der Waals surface area contributed by atoms with Gasteiger partial charge < -0.3 is 35.6 Å². The zero-order chi connectivity index (χ0) is 35.6. The second-order valence-electron chi connectivity index (χ2n) is 16.1. The van der Waals surface area contributed by atoms with Gasteiger partial charge in [0.05, 0.1) is 12.6 Å². The number of likely N-dealkylation sites (N-methyl/N-ethyl adjacent to an activating group) is 1. The Balaban J connectivity index is 1.78. The van der Waals surface area contributed by atoms with Crippen LogP contribution in [-0.2, 0) is 28.7 Å². The predicted octanol–water partition coefficient (Wildman–Crippen LogP) is 3.09. The van der Waals surface area contributed by atoms with Crippen molar-refractivity contribution in [1.82, 2.24) is 20.4 Å². The molecule has 2 saturated carbocycles. The van der Waals surface area contributed by atoms with Crippen molar-refractivity contribution in [3.63, 3.8) is 0 Å². The van der Waals surface area contributed by atoms with E-state index in [0.29, 0.717) is 13.0 Å². The number of Topliss-reactive ketones (excluding diaryl/α,β-unsaturated/α-hetero) is 1. The molecule has 3 unspecified atom stereocenters. The minimum Gasteiger partial charge on any atom is -0.434 e. The summed E-state index contributed by atoms with van der Waals surface area (Å²) in [5.74, 6) is -2.51. The van der Waals surface area contributed by atoms with Crippen LogP contribution in [0, 0.1) is 40.4 Å². The minimum absolute atomic E-state index is 0.0677. The Morgan fingerprint density at radius 3 is 2.06 bits per heavy atom. The SMILES string of the molecule is CC(C)COC(=O)OC[C@@H](NC(=O)NC(C(=O)N1C[C@H]2[C@@H](C1C(=O)N(C)C(CC1CCC1)C(=O)C(N)=O)C2(C)C)C(C)(C)C)C(C)C. The Morgan fingerprint density at radius 1 is 0.979 bits per heavy atom. The first-order valence-electron chi connectivity index (χ1n) is 17.0. The zero-order valence-electron chi connectivity index (χ0n) is 29.9. The van der Waals surface area contributed by atoms with Gasteiger partial charge in [-0.15, -0.1) is 0 Å². The normalized spacial score (nSPS) is 23.6. The van der Waals surface area contributed by atoms with E-state index in [9.17, 15) is 28.8 Å². The van der Waals surface area contributed by atoms with E-state index in [2.05, 4.69) is 24.5 Å². The third-order valence-corrected chi connectivity index (χ3v) is 10.3. The Hall–Kier alpha value is -3.38. The monoisotopic (exact) mass is 663 g/mol. The van der Waals surface area contributed by atoms with Crippen LogP contribution >= 0.6 is 0 Å². The Bertz CT molecular complexity index is 1210. The molecule has 1 saturated heterocycles. The highest BCUT2D eigenvalue weighted by Crippen LogP contribution is 2.65. The molecule has 6 atom stereocenters. The molecule has 0 bridgehead atoms. The lowest BCUT2D eigenvalue weighted by Gasteiger charge is -2.40. The Labute approximate surface area is 279 Å². The van der Waals surface area contributed by atoms with Gasteiger partial charge in [-0.2, -0.15) is 0 Å². The number of piperidine rings is 1. The molecule has 0 spiro atoms. The zero-order valence-corrected chi connectivity index (χ0v) is 29.9. The summed E-state index contributed by atoms with van der Waals surface area (Å²) >= 11 is 0. The lowest BCUT2D eigenvalue weighted by Crippen LogP contribution is -2.62. The van der Waals surface area contributed by atoms with Gasteiger partial charge in [0.2, 0.25) is 17.6 Å². The maximum Gasteiger partial charge on any atom is 0.508 e. The van der Waals surface area contributed by atoms with Gasteiger partial charge in [0.15, 0.2) is 0 Å². The fourth-order valence-corrected chi connectivity index (χ4v) is 6.80. The third-order valence-electron chi connectivity index (χ3n) is 10.3. The maximum atomic E-state index is 14.3. The molecule has 3 rings (SSSR count). The van der Waals surface area contributed by atoms with Crippen molar-refractivity contribution in [3.05, 3.63) is 0 Å². The minimum atomic E-state index is -1.08. The number of ether oxygens (including phenoxy) is 2.